The average Bonchev–Trinajstić information content (AvgIpc) is 3.94. The molecular formula is C55H36S4. The van der Waals surface area contributed by atoms with Crippen LogP contribution in [0, 0.1) is 5.92 Å². The lowest BCUT2D eigenvalue weighted by molar-refractivity contribution is 0.732. The molecule has 4 heteroatoms. The van der Waals surface area contributed by atoms with Crippen molar-refractivity contribution in [3.8, 4) is 33.4 Å². The molecule has 1 aliphatic carbocycles. The van der Waals surface area contributed by atoms with Crippen LogP contribution in [0.3, 0.4) is 0 Å². The molecule has 7 aromatic carbocycles. The van der Waals surface area contributed by atoms with Crippen molar-refractivity contribution in [1.29, 1.82) is 0 Å². The highest BCUT2D eigenvalue weighted by Crippen LogP contribution is 2.45. The van der Waals surface area contributed by atoms with Crippen LogP contribution in [-0.4, -0.2) is 0 Å². The van der Waals surface area contributed by atoms with Crippen LogP contribution in [-0.2, 0) is 0 Å². The number of hydrogen-bond acceptors (Lipinski definition) is 4. The van der Waals surface area contributed by atoms with Crippen molar-refractivity contribution >= 4 is 112 Å². The van der Waals surface area contributed by atoms with Gasteiger partial charge in [-0.05, 0) is 152 Å². The molecular weight excluding hydrogens is 789 g/mol. The number of allylic oxidation sites excluding steroid dienone is 8. The fourth-order valence-corrected chi connectivity index (χ4v) is 13.2. The summed E-state index contributed by atoms with van der Waals surface area (Å²) >= 11 is 7.47. The van der Waals surface area contributed by atoms with Gasteiger partial charge in [-0.25, -0.2) is 0 Å². The Labute approximate surface area is 359 Å². The maximum absolute atomic E-state index is 4.59. The van der Waals surface area contributed by atoms with E-state index in [0.717, 1.165) is 12.0 Å². The zero-order valence-corrected chi connectivity index (χ0v) is 35.6. The van der Waals surface area contributed by atoms with E-state index in [-0.39, 0.29) is 0 Å². The second kappa shape index (κ2) is 13.9. The molecule has 59 heavy (non-hydrogen) atoms. The van der Waals surface area contributed by atoms with Gasteiger partial charge < -0.3 is 0 Å². The molecule has 0 spiro atoms. The van der Waals surface area contributed by atoms with Gasteiger partial charge in [0.15, 0.2) is 0 Å². The molecule has 2 aliphatic rings. The van der Waals surface area contributed by atoms with Gasteiger partial charge in [0, 0.05) is 65.4 Å². The summed E-state index contributed by atoms with van der Waals surface area (Å²) in [5.41, 5.74) is 12.2. The summed E-state index contributed by atoms with van der Waals surface area (Å²) in [5, 5.41) is 10.2. The molecule has 0 N–H and O–H groups in total. The lowest BCUT2D eigenvalue weighted by Gasteiger charge is -2.16. The second-order valence-electron chi connectivity index (χ2n) is 15.9. The van der Waals surface area contributed by atoms with Gasteiger partial charge >= 0.3 is 0 Å². The summed E-state index contributed by atoms with van der Waals surface area (Å²) in [7, 11) is 0. The molecule has 4 heterocycles. The average molecular weight is 825 g/mol. The first-order chi connectivity index (χ1) is 29.0. The number of benzene rings is 7. The Morgan fingerprint density at radius 2 is 1.02 bits per heavy atom. The molecule has 0 saturated heterocycles. The minimum absolute atomic E-state index is 0.592. The van der Waals surface area contributed by atoms with E-state index in [1.165, 1.54) is 116 Å². The molecule has 10 aromatic rings. The maximum atomic E-state index is 4.59. The molecule has 1 aliphatic heterocycles. The second-order valence-corrected chi connectivity index (χ2v) is 20.1. The molecule has 1 atom stereocenters. The van der Waals surface area contributed by atoms with Crippen molar-refractivity contribution < 1.29 is 0 Å². The van der Waals surface area contributed by atoms with Crippen LogP contribution in [0.5, 0.6) is 0 Å². The summed E-state index contributed by atoms with van der Waals surface area (Å²) in [6.45, 7) is 6.86. The van der Waals surface area contributed by atoms with Crippen molar-refractivity contribution in [2.24, 2.45) is 5.92 Å². The van der Waals surface area contributed by atoms with Gasteiger partial charge in [-0.3, -0.25) is 0 Å². The summed E-state index contributed by atoms with van der Waals surface area (Å²) in [5.74, 6) is 0.592. The standard InChI is InChI=1S/C55H36S4/c1-32-11-13-35(14-12-32)41-21-22-56-52-30-53-46(28-42(52)33(2)23-41)44-26-39(16-19-50(44)57-53)36-9-6-10-37(24-36)40-17-20-51-45(27-40)48-29-47-43-25-38(34-7-4-3-5-8-34)15-18-49(43)58-54(47)31-55(48)59-51/h3-11,13-32H,2,12H2,1H3/b22-21-,41-23+. The fourth-order valence-electron chi connectivity index (χ4n) is 8.86. The van der Waals surface area contributed by atoms with Crippen molar-refractivity contribution in [3.05, 3.63) is 193 Å². The SMILES string of the molecule is C=C1/C=C(C2=CCC(C)C=C2)\C=C/Sc2cc3sc4ccc(-c5cccc(-c6ccc7sc8cc9sc%10ccc(-c%11ccccc%11)cc%10c9cc8c7c6)c5)cc4c3cc21. The van der Waals surface area contributed by atoms with E-state index >= 15 is 0 Å². The topological polar surface area (TPSA) is 0 Å². The third kappa shape index (κ3) is 6.08. The lowest BCUT2D eigenvalue weighted by Crippen LogP contribution is -1.97. The summed E-state index contributed by atoms with van der Waals surface area (Å²) in [4.78, 5) is 1.26. The van der Waals surface area contributed by atoms with Crippen molar-refractivity contribution in [2.45, 2.75) is 18.2 Å². The Bertz CT molecular complexity index is 3520. The Morgan fingerprint density at radius 3 is 1.63 bits per heavy atom. The van der Waals surface area contributed by atoms with E-state index in [4.69, 9.17) is 0 Å². The highest BCUT2D eigenvalue weighted by Gasteiger charge is 2.17. The van der Waals surface area contributed by atoms with E-state index < -0.39 is 0 Å². The van der Waals surface area contributed by atoms with Crippen LogP contribution in [0.15, 0.2) is 192 Å². The van der Waals surface area contributed by atoms with Gasteiger partial charge in [0.05, 0.1) is 0 Å². The smallest absolute Gasteiger partial charge is 0.0369 e. The van der Waals surface area contributed by atoms with Crippen LogP contribution in [0.25, 0.3) is 99.5 Å². The van der Waals surface area contributed by atoms with E-state index in [2.05, 4.69) is 183 Å². The van der Waals surface area contributed by atoms with Crippen LogP contribution in [0.4, 0.5) is 0 Å². The van der Waals surface area contributed by atoms with E-state index in [1.807, 2.05) is 34.0 Å². The first kappa shape index (κ1) is 35.2. The molecule has 0 nitrogen and oxygen atoms in total. The molecule has 0 bridgehead atoms. The number of thiophene rings is 3. The Balaban J connectivity index is 0.910. The first-order valence-corrected chi connectivity index (χ1v) is 23.4. The van der Waals surface area contributed by atoms with Crippen molar-refractivity contribution in [2.75, 3.05) is 0 Å². The zero-order chi connectivity index (χ0) is 39.2. The molecule has 0 fully saturated rings. The summed E-state index contributed by atoms with van der Waals surface area (Å²) < 4.78 is 7.99. The maximum Gasteiger partial charge on any atom is 0.0369 e. The predicted octanol–water partition coefficient (Wildman–Crippen LogP) is 17.9. The number of fused-ring (bicyclic) bond motifs is 10. The predicted molar refractivity (Wildman–Crippen MR) is 265 cm³/mol. The van der Waals surface area contributed by atoms with Gasteiger partial charge in [0.1, 0.15) is 0 Å². The molecule has 3 aromatic heterocycles. The minimum atomic E-state index is 0.592. The van der Waals surface area contributed by atoms with Crippen LogP contribution >= 0.6 is 45.8 Å². The Kier molecular flexibility index (Phi) is 8.32. The summed E-state index contributed by atoms with van der Waals surface area (Å²) in [6, 6.07) is 50.4. The molecule has 0 radical (unpaired) electrons. The quantitative estimate of drug-likeness (QED) is 0.170. The number of thioether (sulfide) groups is 1. The van der Waals surface area contributed by atoms with Crippen molar-refractivity contribution in [1.82, 2.24) is 0 Å². The van der Waals surface area contributed by atoms with Gasteiger partial charge in [0.2, 0.25) is 0 Å². The highest BCUT2D eigenvalue weighted by molar-refractivity contribution is 8.02. The van der Waals surface area contributed by atoms with Gasteiger partial charge in [0.25, 0.3) is 0 Å². The van der Waals surface area contributed by atoms with Crippen LogP contribution < -0.4 is 0 Å². The molecule has 280 valence electrons. The summed E-state index contributed by atoms with van der Waals surface area (Å²) in [6.07, 6.45) is 12.5. The monoisotopic (exact) mass is 824 g/mol. The van der Waals surface area contributed by atoms with Crippen molar-refractivity contribution in [3.63, 3.8) is 0 Å². The number of rotatable bonds is 4. The molecule has 0 amide bonds. The third-order valence-corrected chi connectivity index (χ3v) is 16.3. The van der Waals surface area contributed by atoms with Crippen LogP contribution in [0.2, 0.25) is 0 Å². The zero-order valence-electron chi connectivity index (χ0n) is 32.3. The normalized spacial score (nSPS) is 17.1. The van der Waals surface area contributed by atoms with E-state index in [0.29, 0.717) is 5.92 Å². The molecule has 1 unspecified atom stereocenters. The van der Waals surface area contributed by atoms with Gasteiger partial charge in [-0.15, -0.1) is 34.0 Å². The van der Waals surface area contributed by atoms with Gasteiger partial charge in [-0.2, -0.15) is 0 Å². The molecule has 0 saturated carbocycles. The van der Waals surface area contributed by atoms with Crippen LogP contribution in [0.1, 0.15) is 18.9 Å². The molecule has 12 rings (SSSR count). The minimum Gasteiger partial charge on any atom is -0.135 e. The van der Waals surface area contributed by atoms with E-state index in [1.54, 1.807) is 11.8 Å². The first-order valence-electron chi connectivity index (χ1n) is 20.1. The Hall–Kier alpha value is -5.75. The Morgan fingerprint density at radius 1 is 0.475 bits per heavy atom. The van der Waals surface area contributed by atoms with Gasteiger partial charge in [-0.1, -0.05) is 110 Å². The number of hydrogen-bond donors (Lipinski definition) is 0. The third-order valence-electron chi connectivity index (χ3n) is 12.0. The lowest BCUT2D eigenvalue weighted by atomic mass is 9.92. The largest absolute Gasteiger partial charge is 0.135 e. The fraction of sp³-hybridized carbons (Fsp3) is 0.0545. The van der Waals surface area contributed by atoms with E-state index in [9.17, 15) is 0 Å². The highest BCUT2D eigenvalue weighted by atomic mass is 32.2.